The van der Waals surface area contributed by atoms with Crippen LogP contribution in [-0.2, 0) is 0 Å². The van der Waals surface area contributed by atoms with E-state index in [2.05, 4.69) is 4.98 Å². The molecule has 0 aliphatic heterocycles. The second-order valence-electron chi connectivity index (χ2n) is 2.59. The number of carboxylic acids is 1. The topological polar surface area (TPSA) is 101 Å². The molecule has 0 saturated heterocycles. The number of rotatable bonds is 4. The number of anilines is 1. The minimum Gasteiger partial charge on any atom is -0.477 e. The molecule has 1 aromatic rings. The molecule has 1 aromatic heterocycles. The van der Waals surface area contributed by atoms with Gasteiger partial charge in [-0.3, -0.25) is 0 Å². The molecule has 0 fully saturated rings. The van der Waals surface area contributed by atoms with Crippen molar-refractivity contribution in [3.05, 3.63) is 10.0 Å². The lowest BCUT2D eigenvalue weighted by molar-refractivity contribution is 0.0702. The molecule has 1 N–H and O–H groups in total. The molecule has 0 aliphatic carbocycles. The average Bonchev–Trinajstić information content (AvgIpc) is 2.60. The van der Waals surface area contributed by atoms with Gasteiger partial charge in [-0.25, -0.2) is 9.78 Å². The van der Waals surface area contributed by atoms with Crippen LogP contribution in [0.4, 0.5) is 5.13 Å². The van der Waals surface area contributed by atoms with Crippen molar-refractivity contribution >= 4 is 34.0 Å². The van der Waals surface area contributed by atoms with Crippen molar-refractivity contribution in [2.45, 2.75) is 0 Å². The predicted molar refractivity (Wildman–Crippen MR) is 57.5 cm³/mol. The maximum absolute atomic E-state index is 10.7. The van der Waals surface area contributed by atoms with Gasteiger partial charge in [0.1, 0.15) is 13.1 Å². The molecule has 1 rings (SSSR count). The fourth-order valence-corrected chi connectivity index (χ4v) is 2.04. The van der Waals surface area contributed by atoms with E-state index in [1.54, 1.807) is 0 Å². The van der Waals surface area contributed by atoms with Crippen LogP contribution in [0.5, 0.6) is 0 Å². The summed E-state index contributed by atoms with van der Waals surface area (Å²) < 4.78 is 0. The van der Waals surface area contributed by atoms with E-state index in [0.717, 1.165) is 11.3 Å². The largest absolute Gasteiger partial charge is 0.477 e. The van der Waals surface area contributed by atoms with E-state index < -0.39 is 5.97 Å². The summed E-state index contributed by atoms with van der Waals surface area (Å²) in [5.74, 6) is -1.18. The van der Waals surface area contributed by atoms with Crippen molar-refractivity contribution in [3.63, 3.8) is 0 Å². The number of nitrogens with zero attached hydrogens (tertiary/aromatic N) is 4. The number of hydrogen-bond acceptors (Lipinski definition) is 6. The van der Waals surface area contributed by atoms with Crippen LogP contribution in [-0.4, -0.2) is 29.1 Å². The number of aromatic nitrogens is 1. The molecular weight excluding hydrogens is 252 g/mol. The molecule has 0 bridgehead atoms. The van der Waals surface area contributed by atoms with Gasteiger partial charge in [0.05, 0.1) is 12.1 Å². The quantitative estimate of drug-likeness (QED) is 0.816. The zero-order valence-electron chi connectivity index (χ0n) is 7.84. The first kappa shape index (κ1) is 12.2. The third-order valence-electron chi connectivity index (χ3n) is 1.56. The SMILES string of the molecule is N#CCN(CC#N)c1nc(Cl)c(C(=O)O)s1. The summed E-state index contributed by atoms with van der Waals surface area (Å²) in [6.45, 7) is -0.0904. The van der Waals surface area contributed by atoms with Crippen LogP contribution in [0.25, 0.3) is 0 Å². The van der Waals surface area contributed by atoms with E-state index in [9.17, 15) is 4.79 Å². The van der Waals surface area contributed by atoms with Gasteiger partial charge >= 0.3 is 5.97 Å². The lowest BCUT2D eigenvalue weighted by Crippen LogP contribution is -2.23. The molecule has 8 heteroatoms. The van der Waals surface area contributed by atoms with Gasteiger partial charge in [0.15, 0.2) is 15.2 Å². The first-order valence-electron chi connectivity index (χ1n) is 3.98. The van der Waals surface area contributed by atoms with Gasteiger partial charge in [-0.2, -0.15) is 10.5 Å². The fraction of sp³-hybridized carbons (Fsp3) is 0.250. The van der Waals surface area contributed by atoms with Crippen LogP contribution in [0, 0.1) is 22.7 Å². The van der Waals surface area contributed by atoms with Gasteiger partial charge < -0.3 is 10.0 Å². The third-order valence-corrected chi connectivity index (χ3v) is 3.05. The highest BCUT2D eigenvalue weighted by atomic mass is 35.5. The van der Waals surface area contributed by atoms with E-state index >= 15 is 0 Å². The molecule has 6 nitrogen and oxygen atoms in total. The number of carbonyl (C=O) groups is 1. The number of hydrogen-bond donors (Lipinski definition) is 1. The van der Waals surface area contributed by atoms with Crippen molar-refractivity contribution < 1.29 is 9.90 Å². The zero-order valence-corrected chi connectivity index (χ0v) is 9.42. The lowest BCUT2D eigenvalue weighted by atomic mass is 10.5. The monoisotopic (exact) mass is 256 g/mol. The molecule has 0 unspecified atom stereocenters. The predicted octanol–water partition coefficient (Wildman–Crippen LogP) is 1.35. The van der Waals surface area contributed by atoms with Gasteiger partial charge in [-0.1, -0.05) is 22.9 Å². The van der Waals surface area contributed by atoms with Crippen molar-refractivity contribution in [1.29, 1.82) is 10.5 Å². The summed E-state index contributed by atoms with van der Waals surface area (Å²) in [5.41, 5.74) is 0. The summed E-state index contributed by atoms with van der Waals surface area (Å²) in [5, 5.41) is 26.0. The highest BCUT2D eigenvalue weighted by molar-refractivity contribution is 7.18. The summed E-state index contributed by atoms with van der Waals surface area (Å²) in [6, 6.07) is 3.72. The standard InChI is InChI=1S/C8H5ClN4O2S/c9-6-5(7(14)15)16-8(12-6)13(3-1-10)4-2-11/h3-4H2,(H,14,15). The van der Waals surface area contributed by atoms with Crippen molar-refractivity contribution in [2.24, 2.45) is 0 Å². The highest BCUT2D eigenvalue weighted by Crippen LogP contribution is 2.29. The Balaban J connectivity index is 3.03. The van der Waals surface area contributed by atoms with Crippen LogP contribution in [0.15, 0.2) is 0 Å². The number of carboxylic acid groups (broad SMARTS) is 1. The molecule has 82 valence electrons. The van der Waals surface area contributed by atoms with Gasteiger partial charge in [-0.15, -0.1) is 0 Å². The number of aromatic carboxylic acids is 1. The summed E-state index contributed by atoms with van der Waals surface area (Å²) >= 11 is 6.45. The Morgan fingerprint density at radius 2 is 2.06 bits per heavy atom. The second kappa shape index (κ2) is 5.31. The first-order chi connectivity index (χ1) is 7.60. The minimum atomic E-state index is -1.18. The molecule has 0 aliphatic rings. The van der Waals surface area contributed by atoms with E-state index in [0.29, 0.717) is 0 Å². The van der Waals surface area contributed by atoms with Crippen LogP contribution in [0.2, 0.25) is 5.15 Å². The van der Waals surface area contributed by atoms with Crippen molar-refractivity contribution in [3.8, 4) is 12.1 Å². The molecule has 0 atom stereocenters. The first-order valence-corrected chi connectivity index (χ1v) is 5.18. The molecule has 1 heterocycles. The highest BCUT2D eigenvalue weighted by Gasteiger charge is 2.19. The van der Waals surface area contributed by atoms with Gasteiger partial charge in [0, 0.05) is 0 Å². The number of halogens is 1. The van der Waals surface area contributed by atoms with Crippen LogP contribution >= 0.6 is 22.9 Å². The Morgan fingerprint density at radius 1 is 1.50 bits per heavy atom. The Labute approximate surface area is 99.9 Å². The number of thiazole rings is 1. The molecule has 0 spiro atoms. The molecule has 0 saturated carbocycles. The molecular formula is C8H5ClN4O2S. The van der Waals surface area contributed by atoms with E-state index in [1.807, 2.05) is 12.1 Å². The Bertz CT molecular complexity index is 471. The smallest absolute Gasteiger partial charge is 0.349 e. The van der Waals surface area contributed by atoms with Crippen LogP contribution in [0.1, 0.15) is 9.67 Å². The molecule has 16 heavy (non-hydrogen) atoms. The van der Waals surface area contributed by atoms with E-state index in [-0.39, 0.29) is 28.3 Å². The Morgan fingerprint density at radius 3 is 2.44 bits per heavy atom. The minimum absolute atomic E-state index is 0.0452. The van der Waals surface area contributed by atoms with E-state index in [1.165, 1.54) is 4.90 Å². The molecule has 0 amide bonds. The second-order valence-corrected chi connectivity index (χ2v) is 3.93. The number of nitriles is 2. The van der Waals surface area contributed by atoms with Crippen LogP contribution in [0.3, 0.4) is 0 Å². The fourth-order valence-electron chi connectivity index (χ4n) is 0.920. The Hall–Kier alpha value is -1.83. The van der Waals surface area contributed by atoms with Crippen molar-refractivity contribution in [2.75, 3.05) is 18.0 Å². The maximum Gasteiger partial charge on any atom is 0.349 e. The van der Waals surface area contributed by atoms with E-state index in [4.69, 9.17) is 27.2 Å². The maximum atomic E-state index is 10.7. The summed E-state index contributed by atoms with van der Waals surface area (Å²) in [4.78, 5) is 15.8. The third kappa shape index (κ3) is 2.60. The molecule has 0 aromatic carbocycles. The van der Waals surface area contributed by atoms with Gasteiger partial charge in [-0.05, 0) is 0 Å². The average molecular weight is 257 g/mol. The molecule has 0 radical (unpaired) electrons. The zero-order chi connectivity index (χ0) is 12.1. The van der Waals surface area contributed by atoms with Crippen LogP contribution < -0.4 is 4.90 Å². The van der Waals surface area contributed by atoms with Gasteiger partial charge in [0.2, 0.25) is 0 Å². The van der Waals surface area contributed by atoms with Crippen molar-refractivity contribution in [1.82, 2.24) is 4.98 Å². The Kier molecular flexibility index (Phi) is 4.06. The lowest BCUT2D eigenvalue weighted by Gasteiger charge is -2.12. The normalized spacial score (nSPS) is 9.19. The summed E-state index contributed by atoms with van der Waals surface area (Å²) in [7, 11) is 0. The van der Waals surface area contributed by atoms with Gasteiger partial charge in [0.25, 0.3) is 0 Å². The summed E-state index contributed by atoms with van der Waals surface area (Å²) in [6.07, 6.45) is 0.